The number of ether oxygens (including phenoxy) is 1. The number of carbonyl (C=O) groups is 2. The van der Waals surface area contributed by atoms with Gasteiger partial charge in [-0.2, -0.15) is 5.26 Å². The van der Waals surface area contributed by atoms with E-state index in [1.54, 1.807) is 4.90 Å². The molecule has 3 aliphatic rings. The fourth-order valence-corrected chi connectivity index (χ4v) is 5.08. The molecule has 1 aliphatic carbocycles. The van der Waals surface area contributed by atoms with Gasteiger partial charge in [0.15, 0.2) is 0 Å². The van der Waals surface area contributed by atoms with Crippen LogP contribution in [0.2, 0.25) is 0 Å². The van der Waals surface area contributed by atoms with E-state index in [-0.39, 0.29) is 11.9 Å². The molecule has 3 rings (SSSR count). The van der Waals surface area contributed by atoms with E-state index in [2.05, 4.69) is 40.6 Å². The van der Waals surface area contributed by atoms with Crippen LogP contribution in [0.3, 0.4) is 0 Å². The van der Waals surface area contributed by atoms with Gasteiger partial charge in [-0.25, -0.2) is 4.79 Å². The van der Waals surface area contributed by atoms with Gasteiger partial charge in [0.25, 0.3) is 0 Å². The zero-order chi connectivity index (χ0) is 23.7. The van der Waals surface area contributed by atoms with Gasteiger partial charge in [-0.1, -0.05) is 32.1 Å². The molecule has 2 aliphatic heterocycles. The van der Waals surface area contributed by atoms with Crippen LogP contribution in [-0.2, 0) is 9.53 Å². The Morgan fingerprint density at radius 2 is 1.79 bits per heavy atom. The van der Waals surface area contributed by atoms with E-state index in [1.807, 2.05) is 0 Å². The number of piperidine rings is 1. The summed E-state index contributed by atoms with van der Waals surface area (Å²) in [7, 11) is 4.11. The number of nitriles is 1. The minimum atomic E-state index is -0.861. The van der Waals surface area contributed by atoms with Crippen molar-refractivity contribution in [3.8, 4) is 6.07 Å². The number of hydrogen-bond acceptors (Lipinski definition) is 6. The molecule has 0 aromatic rings. The summed E-state index contributed by atoms with van der Waals surface area (Å²) in [5, 5.41) is 16.1. The van der Waals surface area contributed by atoms with E-state index in [0.29, 0.717) is 51.5 Å². The molecule has 0 aromatic carbocycles. The molecule has 33 heavy (non-hydrogen) atoms. The molecule has 3 fully saturated rings. The van der Waals surface area contributed by atoms with Gasteiger partial charge in [0.1, 0.15) is 11.6 Å². The third-order valence-corrected chi connectivity index (χ3v) is 7.36. The van der Waals surface area contributed by atoms with E-state index >= 15 is 0 Å². The summed E-state index contributed by atoms with van der Waals surface area (Å²) in [5.74, 6) is 0.218. The molecule has 9 heteroatoms. The predicted molar refractivity (Wildman–Crippen MR) is 127 cm³/mol. The summed E-state index contributed by atoms with van der Waals surface area (Å²) >= 11 is 0. The van der Waals surface area contributed by atoms with Crippen LogP contribution in [0.1, 0.15) is 51.4 Å². The lowest BCUT2D eigenvalue weighted by molar-refractivity contribution is -0.125. The fraction of sp³-hybridized carbons (Fsp3) is 0.875. The normalized spacial score (nSPS) is 23.0. The monoisotopic (exact) mass is 462 g/mol. The van der Waals surface area contributed by atoms with Crippen LogP contribution in [0, 0.1) is 17.2 Å². The average Bonchev–Trinajstić information content (AvgIpc) is 2.84. The minimum absolute atomic E-state index is 0.209. The van der Waals surface area contributed by atoms with Gasteiger partial charge in [0.05, 0.1) is 19.3 Å². The number of urea groups is 1. The molecule has 1 unspecified atom stereocenters. The summed E-state index contributed by atoms with van der Waals surface area (Å²) in [6.45, 7) is 5.63. The number of amides is 3. The number of nitrogens with one attached hydrogen (secondary N) is 2. The van der Waals surface area contributed by atoms with Gasteiger partial charge in [-0.3, -0.25) is 4.79 Å². The van der Waals surface area contributed by atoms with Crippen molar-refractivity contribution in [2.45, 2.75) is 62.9 Å². The van der Waals surface area contributed by atoms with Crippen LogP contribution in [0.25, 0.3) is 0 Å². The molecule has 1 atom stereocenters. The molecule has 2 N–H and O–H groups in total. The zero-order valence-corrected chi connectivity index (χ0v) is 20.5. The zero-order valence-electron chi connectivity index (χ0n) is 20.5. The van der Waals surface area contributed by atoms with Gasteiger partial charge < -0.3 is 30.1 Å². The molecular weight excluding hydrogens is 420 g/mol. The minimum Gasteiger partial charge on any atom is -0.378 e. The Labute approximate surface area is 198 Å². The van der Waals surface area contributed by atoms with Crippen LogP contribution in [0.15, 0.2) is 0 Å². The highest BCUT2D eigenvalue weighted by Crippen LogP contribution is 2.28. The first kappa shape index (κ1) is 25.7. The lowest BCUT2D eigenvalue weighted by Crippen LogP contribution is -2.60. The second-order valence-corrected chi connectivity index (χ2v) is 10.2. The van der Waals surface area contributed by atoms with Crippen LogP contribution < -0.4 is 10.6 Å². The van der Waals surface area contributed by atoms with Crippen LogP contribution in [0.4, 0.5) is 4.79 Å². The van der Waals surface area contributed by atoms with E-state index in [0.717, 1.165) is 39.0 Å². The second-order valence-electron chi connectivity index (χ2n) is 10.2. The van der Waals surface area contributed by atoms with Gasteiger partial charge in [-0.15, -0.1) is 0 Å². The number of likely N-dealkylation sites (N-methyl/N-ethyl adjacent to an activating group) is 1. The number of carbonyl (C=O) groups excluding carboxylic acids is 2. The smallest absolute Gasteiger partial charge is 0.318 e. The molecule has 2 saturated heterocycles. The second kappa shape index (κ2) is 12.5. The Balaban J connectivity index is 1.61. The highest BCUT2D eigenvalue weighted by Gasteiger charge is 2.38. The highest BCUT2D eigenvalue weighted by molar-refractivity contribution is 5.87. The third kappa shape index (κ3) is 7.83. The first-order chi connectivity index (χ1) is 15.9. The van der Waals surface area contributed by atoms with E-state index < -0.39 is 11.6 Å². The Bertz CT molecular complexity index is 674. The summed E-state index contributed by atoms with van der Waals surface area (Å²) in [4.78, 5) is 32.5. The Hall–Kier alpha value is -1.89. The Morgan fingerprint density at radius 3 is 2.39 bits per heavy atom. The average molecular weight is 463 g/mol. The summed E-state index contributed by atoms with van der Waals surface area (Å²) < 4.78 is 5.35. The maximum absolute atomic E-state index is 13.4. The van der Waals surface area contributed by atoms with Crippen LogP contribution >= 0.6 is 0 Å². The van der Waals surface area contributed by atoms with Crippen molar-refractivity contribution in [2.24, 2.45) is 5.92 Å². The summed E-state index contributed by atoms with van der Waals surface area (Å²) in [6.07, 6.45) is 7.66. The van der Waals surface area contributed by atoms with Crippen molar-refractivity contribution < 1.29 is 14.3 Å². The third-order valence-electron chi connectivity index (χ3n) is 7.36. The molecule has 2 heterocycles. The Morgan fingerprint density at radius 1 is 1.12 bits per heavy atom. The molecular formula is C24H42N6O3. The van der Waals surface area contributed by atoms with Crippen molar-refractivity contribution >= 4 is 11.9 Å². The van der Waals surface area contributed by atoms with Crippen molar-refractivity contribution in [1.29, 1.82) is 5.26 Å². The van der Waals surface area contributed by atoms with E-state index in [9.17, 15) is 14.9 Å². The van der Waals surface area contributed by atoms with Gasteiger partial charge in [-0.05, 0) is 39.3 Å². The maximum atomic E-state index is 13.4. The quantitative estimate of drug-likeness (QED) is 0.566. The summed E-state index contributed by atoms with van der Waals surface area (Å²) in [6, 6.07) is 1.58. The topological polar surface area (TPSA) is 101 Å². The Kier molecular flexibility index (Phi) is 9.78. The van der Waals surface area contributed by atoms with Crippen LogP contribution in [0.5, 0.6) is 0 Å². The fourth-order valence-electron chi connectivity index (χ4n) is 5.08. The van der Waals surface area contributed by atoms with Crippen molar-refractivity contribution in [1.82, 2.24) is 25.3 Å². The molecule has 186 valence electrons. The first-order valence-electron chi connectivity index (χ1n) is 12.6. The largest absolute Gasteiger partial charge is 0.378 e. The SMILES string of the molecule is CN(C)CCN1CCC(C#N)(NC(=O)C(CC2CCCCC2)NC(=O)N2CCOCC2)CC1. The van der Waals surface area contributed by atoms with Gasteiger partial charge in [0, 0.05) is 39.3 Å². The number of rotatable bonds is 8. The van der Waals surface area contributed by atoms with Crippen molar-refractivity contribution in [3.05, 3.63) is 0 Å². The standard InChI is InChI=1S/C24H42N6O3/c1-28(2)12-13-29-10-8-24(19-25,9-11-29)27-22(31)21(18-20-6-4-3-5-7-20)26-23(32)30-14-16-33-17-15-30/h20-21H,3-18H2,1-2H3,(H,26,32)(H,27,31). The predicted octanol–water partition coefficient (Wildman–Crippen LogP) is 1.40. The van der Waals surface area contributed by atoms with E-state index in [1.165, 1.54) is 19.3 Å². The first-order valence-corrected chi connectivity index (χ1v) is 12.6. The number of hydrogen-bond donors (Lipinski definition) is 2. The maximum Gasteiger partial charge on any atom is 0.318 e. The van der Waals surface area contributed by atoms with E-state index in [4.69, 9.17) is 4.74 Å². The number of nitrogens with zero attached hydrogens (tertiary/aromatic N) is 4. The molecule has 0 bridgehead atoms. The molecule has 3 amide bonds. The van der Waals surface area contributed by atoms with Crippen LogP contribution in [-0.4, -0.2) is 105 Å². The number of likely N-dealkylation sites (tertiary alicyclic amines) is 1. The molecule has 0 radical (unpaired) electrons. The van der Waals surface area contributed by atoms with Gasteiger partial charge >= 0.3 is 6.03 Å². The molecule has 1 saturated carbocycles. The van der Waals surface area contributed by atoms with Crippen molar-refractivity contribution in [3.63, 3.8) is 0 Å². The molecule has 0 aromatic heterocycles. The molecule has 9 nitrogen and oxygen atoms in total. The van der Waals surface area contributed by atoms with Gasteiger partial charge in [0.2, 0.25) is 5.91 Å². The molecule has 0 spiro atoms. The lowest BCUT2D eigenvalue weighted by Gasteiger charge is -2.39. The van der Waals surface area contributed by atoms with Crippen molar-refractivity contribution in [2.75, 3.05) is 66.6 Å². The lowest BCUT2D eigenvalue weighted by atomic mass is 9.84. The summed E-state index contributed by atoms with van der Waals surface area (Å²) in [5.41, 5.74) is -0.861. The highest BCUT2D eigenvalue weighted by atomic mass is 16.5. The number of morpholine rings is 1.